The third kappa shape index (κ3) is 3.22. The van der Waals surface area contributed by atoms with E-state index < -0.39 is 0 Å². The van der Waals surface area contributed by atoms with E-state index in [4.69, 9.17) is 0 Å². The van der Waals surface area contributed by atoms with Crippen molar-refractivity contribution < 1.29 is 4.79 Å². The average Bonchev–Trinajstić information content (AvgIpc) is 2.69. The van der Waals surface area contributed by atoms with E-state index in [2.05, 4.69) is 10.3 Å². The minimum absolute atomic E-state index is 0.135. The smallest absolute Gasteiger partial charge is 0.265 e. The lowest BCUT2D eigenvalue weighted by atomic mass is 10.2. The zero-order valence-corrected chi connectivity index (χ0v) is 14.7. The van der Waals surface area contributed by atoms with Gasteiger partial charge in [0.1, 0.15) is 5.82 Å². The first-order valence-electron chi connectivity index (χ1n) is 8.59. The standard InChI is InChI=1S/C22H17N3O2/c1-15-23-20-13-6-5-12-19(20)22(27)25(15)18-11-7-10-17(14-18)24-21(26)16-8-3-2-4-9-16/h2-14H,1H3,(H,24,26). The molecule has 1 amide bonds. The first-order chi connectivity index (χ1) is 13.1. The van der Waals surface area contributed by atoms with E-state index in [1.54, 1.807) is 47.9 Å². The molecule has 0 radical (unpaired) electrons. The molecular weight excluding hydrogens is 338 g/mol. The number of aromatic nitrogens is 2. The highest BCUT2D eigenvalue weighted by molar-refractivity contribution is 6.04. The van der Waals surface area contributed by atoms with Crippen LogP contribution in [0.5, 0.6) is 0 Å². The number of hydrogen-bond donors (Lipinski definition) is 1. The van der Waals surface area contributed by atoms with Gasteiger partial charge in [-0.05, 0) is 49.4 Å². The molecule has 1 aromatic heterocycles. The summed E-state index contributed by atoms with van der Waals surface area (Å²) in [6, 6.07) is 23.4. The lowest BCUT2D eigenvalue weighted by molar-refractivity contribution is 0.102. The normalized spacial score (nSPS) is 10.7. The Hall–Kier alpha value is -3.73. The van der Waals surface area contributed by atoms with Gasteiger partial charge in [-0.25, -0.2) is 4.98 Å². The Labute approximate surface area is 155 Å². The molecule has 0 aliphatic rings. The minimum Gasteiger partial charge on any atom is -0.322 e. The number of aryl methyl sites for hydroxylation is 1. The third-order valence-electron chi connectivity index (χ3n) is 4.34. The van der Waals surface area contributed by atoms with Crippen LogP contribution in [0.4, 0.5) is 5.69 Å². The van der Waals surface area contributed by atoms with Gasteiger partial charge in [0.15, 0.2) is 0 Å². The molecule has 0 saturated heterocycles. The molecule has 1 heterocycles. The highest BCUT2D eigenvalue weighted by atomic mass is 16.1. The van der Waals surface area contributed by atoms with Crippen molar-refractivity contribution in [3.8, 4) is 5.69 Å². The molecule has 0 atom stereocenters. The summed E-state index contributed by atoms with van der Waals surface area (Å²) in [6.45, 7) is 1.79. The second kappa shape index (κ2) is 6.88. The molecule has 0 saturated carbocycles. The van der Waals surface area contributed by atoms with Crippen LogP contribution in [0.25, 0.3) is 16.6 Å². The maximum atomic E-state index is 12.9. The van der Waals surface area contributed by atoms with E-state index in [9.17, 15) is 9.59 Å². The van der Waals surface area contributed by atoms with Crippen molar-refractivity contribution in [2.24, 2.45) is 0 Å². The third-order valence-corrected chi connectivity index (χ3v) is 4.34. The Kier molecular flexibility index (Phi) is 4.26. The number of rotatable bonds is 3. The van der Waals surface area contributed by atoms with Crippen molar-refractivity contribution in [3.63, 3.8) is 0 Å². The number of nitrogens with one attached hydrogen (secondary N) is 1. The number of benzene rings is 3. The Bertz CT molecular complexity index is 1200. The number of amides is 1. The predicted molar refractivity (Wildman–Crippen MR) is 106 cm³/mol. The van der Waals surface area contributed by atoms with E-state index in [0.29, 0.717) is 33.7 Å². The Morgan fingerprint density at radius 2 is 1.67 bits per heavy atom. The van der Waals surface area contributed by atoms with E-state index in [1.807, 2.05) is 42.5 Å². The number of carbonyl (C=O) groups excluding carboxylic acids is 1. The molecule has 1 N–H and O–H groups in total. The first kappa shape index (κ1) is 16.7. The van der Waals surface area contributed by atoms with Gasteiger partial charge in [-0.15, -0.1) is 0 Å². The van der Waals surface area contributed by atoms with Gasteiger partial charge >= 0.3 is 0 Å². The Balaban J connectivity index is 1.74. The van der Waals surface area contributed by atoms with Gasteiger partial charge in [-0.1, -0.05) is 36.4 Å². The molecule has 0 aliphatic carbocycles. The highest BCUT2D eigenvalue weighted by Gasteiger charge is 2.11. The fourth-order valence-corrected chi connectivity index (χ4v) is 3.06. The van der Waals surface area contributed by atoms with Crippen LogP contribution in [0.1, 0.15) is 16.2 Å². The highest BCUT2D eigenvalue weighted by Crippen LogP contribution is 2.17. The fraction of sp³-hybridized carbons (Fsp3) is 0.0455. The summed E-state index contributed by atoms with van der Waals surface area (Å²) in [5.41, 5.74) is 2.38. The maximum absolute atomic E-state index is 12.9. The largest absolute Gasteiger partial charge is 0.322 e. The lowest BCUT2D eigenvalue weighted by Crippen LogP contribution is -2.22. The van der Waals surface area contributed by atoms with Crippen LogP contribution in [0.15, 0.2) is 83.7 Å². The molecule has 0 bridgehead atoms. The molecule has 3 aromatic carbocycles. The molecule has 5 heteroatoms. The van der Waals surface area contributed by atoms with Gasteiger partial charge in [0.2, 0.25) is 0 Å². The molecule has 27 heavy (non-hydrogen) atoms. The second-order valence-corrected chi connectivity index (χ2v) is 6.19. The lowest BCUT2D eigenvalue weighted by Gasteiger charge is -2.12. The van der Waals surface area contributed by atoms with Crippen LogP contribution < -0.4 is 10.9 Å². The van der Waals surface area contributed by atoms with Crippen molar-refractivity contribution in [1.29, 1.82) is 0 Å². The van der Waals surface area contributed by atoms with Gasteiger partial charge < -0.3 is 5.32 Å². The van der Waals surface area contributed by atoms with E-state index in [1.165, 1.54) is 0 Å². The van der Waals surface area contributed by atoms with Crippen LogP contribution in [-0.4, -0.2) is 15.5 Å². The molecule has 132 valence electrons. The van der Waals surface area contributed by atoms with Gasteiger partial charge in [0, 0.05) is 11.3 Å². The molecule has 0 unspecified atom stereocenters. The van der Waals surface area contributed by atoms with E-state index >= 15 is 0 Å². The van der Waals surface area contributed by atoms with Crippen molar-refractivity contribution >= 4 is 22.5 Å². The maximum Gasteiger partial charge on any atom is 0.265 e. The molecule has 4 rings (SSSR count). The van der Waals surface area contributed by atoms with Crippen molar-refractivity contribution in [2.75, 3.05) is 5.32 Å². The molecule has 4 aromatic rings. The zero-order valence-electron chi connectivity index (χ0n) is 14.7. The number of carbonyl (C=O) groups is 1. The number of nitrogens with zero attached hydrogens (tertiary/aromatic N) is 2. The number of fused-ring (bicyclic) bond motifs is 1. The number of hydrogen-bond acceptors (Lipinski definition) is 3. The minimum atomic E-state index is -0.201. The Morgan fingerprint density at radius 3 is 2.48 bits per heavy atom. The van der Waals surface area contributed by atoms with E-state index in [-0.39, 0.29) is 11.5 Å². The van der Waals surface area contributed by atoms with Crippen LogP contribution in [0.3, 0.4) is 0 Å². The number of anilines is 1. The average molecular weight is 355 g/mol. The van der Waals surface area contributed by atoms with Crippen LogP contribution in [0.2, 0.25) is 0 Å². The summed E-state index contributed by atoms with van der Waals surface area (Å²) in [7, 11) is 0. The van der Waals surface area contributed by atoms with Gasteiger partial charge in [-0.2, -0.15) is 0 Å². The molecule has 0 spiro atoms. The summed E-state index contributed by atoms with van der Waals surface area (Å²) in [4.78, 5) is 29.8. The van der Waals surface area contributed by atoms with Gasteiger partial charge in [0.25, 0.3) is 11.5 Å². The van der Waals surface area contributed by atoms with Crippen LogP contribution in [0, 0.1) is 6.92 Å². The second-order valence-electron chi connectivity index (χ2n) is 6.19. The summed E-state index contributed by atoms with van der Waals surface area (Å²) >= 11 is 0. The predicted octanol–water partition coefficient (Wildman–Crippen LogP) is 3.95. The summed E-state index contributed by atoms with van der Waals surface area (Å²) < 4.78 is 1.56. The quantitative estimate of drug-likeness (QED) is 0.605. The summed E-state index contributed by atoms with van der Waals surface area (Å²) in [6.07, 6.45) is 0. The van der Waals surface area contributed by atoms with Crippen LogP contribution in [-0.2, 0) is 0 Å². The van der Waals surface area contributed by atoms with E-state index in [0.717, 1.165) is 0 Å². The van der Waals surface area contributed by atoms with Crippen molar-refractivity contribution in [1.82, 2.24) is 9.55 Å². The van der Waals surface area contributed by atoms with Crippen LogP contribution >= 0.6 is 0 Å². The molecule has 0 aliphatic heterocycles. The SMILES string of the molecule is Cc1nc2ccccc2c(=O)n1-c1cccc(NC(=O)c2ccccc2)c1. The summed E-state index contributed by atoms with van der Waals surface area (Å²) in [5, 5.41) is 3.43. The first-order valence-corrected chi connectivity index (χ1v) is 8.59. The van der Waals surface area contributed by atoms with Gasteiger partial charge in [-0.3, -0.25) is 14.2 Å². The topological polar surface area (TPSA) is 64.0 Å². The number of para-hydroxylation sites is 1. The Morgan fingerprint density at radius 1 is 0.926 bits per heavy atom. The fourth-order valence-electron chi connectivity index (χ4n) is 3.06. The molecule has 5 nitrogen and oxygen atoms in total. The van der Waals surface area contributed by atoms with Gasteiger partial charge in [0.05, 0.1) is 16.6 Å². The van der Waals surface area contributed by atoms with Crippen molar-refractivity contribution in [2.45, 2.75) is 6.92 Å². The molecular formula is C22H17N3O2. The monoisotopic (exact) mass is 355 g/mol. The summed E-state index contributed by atoms with van der Waals surface area (Å²) in [5.74, 6) is 0.388. The zero-order chi connectivity index (χ0) is 18.8. The van der Waals surface area contributed by atoms with Crippen molar-refractivity contribution in [3.05, 3.63) is 101 Å². The molecule has 0 fully saturated rings.